The number of aryl methyl sites for hydroxylation is 3. The van der Waals surface area contributed by atoms with Crippen molar-refractivity contribution in [1.29, 1.82) is 0 Å². The third kappa shape index (κ3) is 1.88. The molecule has 1 N–H and O–H groups in total. The van der Waals surface area contributed by atoms with Crippen molar-refractivity contribution >= 4 is 5.97 Å². The molecular formula is C13H13FN2O2. The molecule has 4 nitrogen and oxygen atoms in total. The molecule has 0 bridgehead atoms. The summed E-state index contributed by atoms with van der Waals surface area (Å²) in [6.45, 7) is 3.28. The maximum Gasteiger partial charge on any atom is 0.339 e. The number of carboxylic acid groups (broad SMARTS) is 1. The van der Waals surface area contributed by atoms with Crippen LogP contribution in [0, 0.1) is 19.7 Å². The van der Waals surface area contributed by atoms with Crippen LogP contribution in [0.2, 0.25) is 0 Å². The summed E-state index contributed by atoms with van der Waals surface area (Å²) < 4.78 is 14.7. The van der Waals surface area contributed by atoms with Crippen molar-refractivity contribution in [2.24, 2.45) is 7.05 Å². The molecule has 2 rings (SSSR count). The van der Waals surface area contributed by atoms with Gasteiger partial charge in [0.2, 0.25) is 0 Å². The van der Waals surface area contributed by atoms with Crippen LogP contribution >= 0.6 is 0 Å². The second kappa shape index (κ2) is 4.25. The Morgan fingerprint density at radius 3 is 2.61 bits per heavy atom. The zero-order chi connectivity index (χ0) is 13.4. The van der Waals surface area contributed by atoms with Crippen LogP contribution in [0.1, 0.15) is 21.6 Å². The summed E-state index contributed by atoms with van der Waals surface area (Å²) in [5.74, 6) is -1.34. The predicted molar refractivity (Wildman–Crippen MR) is 65.0 cm³/mol. The summed E-state index contributed by atoms with van der Waals surface area (Å²) >= 11 is 0. The molecule has 18 heavy (non-hydrogen) atoms. The molecule has 1 aromatic heterocycles. The molecule has 0 amide bonds. The smallest absolute Gasteiger partial charge is 0.339 e. The number of carbonyl (C=O) groups is 1. The highest BCUT2D eigenvalue weighted by Gasteiger charge is 2.21. The molecule has 0 aliphatic heterocycles. The fraction of sp³-hybridized carbons (Fsp3) is 0.231. The number of halogens is 1. The summed E-state index contributed by atoms with van der Waals surface area (Å²) in [4.78, 5) is 11.3. The molecule has 0 fully saturated rings. The number of aromatic nitrogens is 2. The monoisotopic (exact) mass is 248 g/mol. The molecule has 2 aromatic rings. The lowest BCUT2D eigenvalue weighted by molar-refractivity contribution is 0.0697. The normalized spacial score (nSPS) is 10.7. The highest BCUT2D eigenvalue weighted by molar-refractivity contribution is 5.96. The Bertz CT molecular complexity index is 632. The third-order valence-corrected chi connectivity index (χ3v) is 2.87. The summed E-state index contributed by atoms with van der Waals surface area (Å²) in [6, 6.07) is 4.52. The first kappa shape index (κ1) is 12.3. The van der Waals surface area contributed by atoms with Crippen LogP contribution in [-0.4, -0.2) is 20.9 Å². The number of benzene rings is 1. The van der Waals surface area contributed by atoms with E-state index in [2.05, 4.69) is 5.10 Å². The quantitative estimate of drug-likeness (QED) is 0.888. The standard InChI is InChI=1S/C13H13FN2O2/c1-7-6-9(4-5-10(7)14)12-11(13(17)18)8(2)15-16(12)3/h4-6H,1-3H3,(H,17,18). The highest BCUT2D eigenvalue weighted by Crippen LogP contribution is 2.27. The first-order valence-corrected chi connectivity index (χ1v) is 5.45. The Morgan fingerprint density at radius 1 is 1.39 bits per heavy atom. The van der Waals surface area contributed by atoms with Gasteiger partial charge >= 0.3 is 5.97 Å². The molecule has 0 atom stereocenters. The SMILES string of the molecule is Cc1cc(-c2c(C(=O)O)c(C)nn2C)ccc1F. The van der Waals surface area contributed by atoms with Crippen molar-refractivity contribution < 1.29 is 14.3 Å². The van der Waals surface area contributed by atoms with Gasteiger partial charge in [0.05, 0.1) is 11.4 Å². The van der Waals surface area contributed by atoms with E-state index in [1.54, 1.807) is 33.0 Å². The van der Waals surface area contributed by atoms with Gasteiger partial charge in [0.15, 0.2) is 0 Å². The van der Waals surface area contributed by atoms with Gasteiger partial charge in [-0.05, 0) is 37.6 Å². The number of nitrogens with zero attached hydrogens (tertiary/aromatic N) is 2. The Morgan fingerprint density at radius 2 is 2.06 bits per heavy atom. The van der Waals surface area contributed by atoms with Crippen LogP contribution in [0.15, 0.2) is 18.2 Å². The van der Waals surface area contributed by atoms with Crippen molar-refractivity contribution in [2.75, 3.05) is 0 Å². The molecule has 0 spiro atoms. The van der Waals surface area contributed by atoms with E-state index in [1.165, 1.54) is 10.7 Å². The topological polar surface area (TPSA) is 55.1 Å². The van der Waals surface area contributed by atoms with E-state index in [1.807, 2.05) is 0 Å². The van der Waals surface area contributed by atoms with Gasteiger partial charge in [-0.15, -0.1) is 0 Å². The van der Waals surface area contributed by atoms with Crippen molar-refractivity contribution in [3.63, 3.8) is 0 Å². The van der Waals surface area contributed by atoms with Gasteiger partial charge in [-0.25, -0.2) is 9.18 Å². The van der Waals surface area contributed by atoms with E-state index in [0.717, 1.165) is 0 Å². The van der Waals surface area contributed by atoms with Crippen LogP contribution in [0.5, 0.6) is 0 Å². The van der Waals surface area contributed by atoms with Crippen LogP contribution in [0.4, 0.5) is 4.39 Å². The van der Waals surface area contributed by atoms with Gasteiger partial charge in [0, 0.05) is 12.6 Å². The maximum atomic E-state index is 13.2. The van der Waals surface area contributed by atoms with Gasteiger partial charge in [-0.1, -0.05) is 0 Å². The van der Waals surface area contributed by atoms with E-state index >= 15 is 0 Å². The van der Waals surface area contributed by atoms with E-state index < -0.39 is 5.97 Å². The molecule has 0 aliphatic rings. The largest absolute Gasteiger partial charge is 0.478 e. The second-order valence-electron chi connectivity index (χ2n) is 4.20. The Kier molecular flexibility index (Phi) is 2.90. The first-order valence-electron chi connectivity index (χ1n) is 5.45. The lowest BCUT2D eigenvalue weighted by atomic mass is 10.0. The molecule has 1 heterocycles. The average Bonchev–Trinajstić information content (AvgIpc) is 2.57. The van der Waals surface area contributed by atoms with E-state index in [4.69, 9.17) is 0 Å². The maximum absolute atomic E-state index is 13.2. The lowest BCUT2D eigenvalue weighted by Gasteiger charge is -2.06. The molecule has 5 heteroatoms. The Labute approximate surface area is 104 Å². The number of rotatable bonds is 2. The number of aromatic carboxylic acids is 1. The van der Waals surface area contributed by atoms with Crippen molar-refractivity contribution in [1.82, 2.24) is 9.78 Å². The predicted octanol–water partition coefficient (Wildman–Crippen LogP) is 2.54. The van der Waals surface area contributed by atoms with Gasteiger partial charge in [0.25, 0.3) is 0 Å². The minimum atomic E-state index is -1.03. The molecule has 0 saturated carbocycles. The molecular weight excluding hydrogens is 235 g/mol. The van der Waals surface area contributed by atoms with Gasteiger partial charge < -0.3 is 5.11 Å². The van der Waals surface area contributed by atoms with Crippen LogP contribution in [0.3, 0.4) is 0 Å². The zero-order valence-corrected chi connectivity index (χ0v) is 10.4. The number of hydrogen-bond acceptors (Lipinski definition) is 2. The van der Waals surface area contributed by atoms with Gasteiger partial charge in [-0.3, -0.25) is 4.68 Å². The minimum absolute atomic E-state index is 0.156. The highest BCUT2D eigenvalue weighted by atomic mass is 19.1. The fourth-order valence-electron chi connectivity index (χ4n) is 2.04. The van der Waals surface area contributed by atoms with Crippen molar-refractivity contribution in [3.05, 3.63) is 40.8 Å². The van der Waals surface area contributed by atoms with E-state index in [-0.39, 0.29) is 11.4 Å². The molecule has 0 radical (unpaired) electrons. The average molecular weight is 248 g/mol. The second-order valence-corrected chi connectivity index (χ2v) is 4.20. The van der Waals surface area contributed by atoms with Crippen LogP contribution in [0.25, 0.3) is 11.3 Å². The molecule has 94 valence electrons. The van der Waals surface area contributed by atoms with E-state index in [0.29, 0.717) is 22.5 Å². The van der Waals surface area contributed by atoms with Gasteiger partial charge in [0.1, 0.15) is 11.4 Å². The lowest BCUT2D eigenvalue weighted by Crippen LogP contribution is -2.01. The summed E-state index contributed by atoms with van der Waals surface area (Å²) in [5, 5.41) is 13.3. The van der Waals surface area contributed by atoms with Crippen molar-refractivity contribution in [3.8, 4) is 11.3 Å². The first-order chi connectivity index (χ1) is 8.41. The van der Waals surface area contributed by atoms with E-state index in [9.17, 15) is 14.3 Å². The molecule has 0 saturated heterocycles. The Balaban J connectivity index is 2.70. The number of carboxylic acids is 1. The summed E-state index contributed by atoms with van der Waals surface area (Å²) in [6.07, 6.45) is 0. The van der Waals surface area contributed by atoms with Gasteiger partial charge in [-0.2, -0.15) is 5.10 Å². The molecule has 1 aromatic carbocycles. The van der Waals surface area contributed by atoms with Crippen LogP contribution < -0.4 is 0 Å². The summed E-state index contributed by atoms with van der Waals surface area (Å²) in [7, 11) is 1.67. The molecule has 0 aliphatic carbocycles. The number of hydrogen-bond donors (Lipinski definition) is 1. The zero-order valence-electron chi connectivity index (χ0n) is 10.4. The van der Waals surface area contributed by atoms with Crippen LogP contribution in [-0.2, 0) is 7.05 Å². The Hall–Kier alpha value is -2.17. The fourth-order valence-corrected chi connectivity index (χ4v) is 2.04. The minimum Gasteiger partial charge on any atom is -0.478 e. The third-order valence-electron chi connectivity index (χ3n) is 2.87. The van der Waals surface area contributed by atoms with Crippen molar-refractivity contribution in [2.45, 2.75) is 13.8 Å². The summed E-state index contributed by atoms with van der Waals surface area (Å²) in [5.41, 5.74) is 2.21. The molecule has 0 unspecified atom stereocenters.